The van der Waals surface area contributed by atoms with E-state index >= 15 is 0 Å². The van der Waals surface area contributed by atoms with Crippen LogP contribution in [0.1, 0.15) is 36.8 Å². The number of rotatable bonds is 23. The number of allylic oxidation sites excluding steroid dienone is 2. The number of aliphatic hydroxyl groups is 1. The number of nitrogens with one attached hydrogen (secondary N) is 2. The molecule has 0 aromatic heterocycles. The van der Waals surface area contributed by atoms with E-state index in [9.17, 15) is 14.4 Å². The molecule has 43 heavy (non-hydrogen) atoms. The highest BCUT2D eigenvalue weighted by Crippen LogP contribution is 2.17. The third kappa shape index (κ3) is 15.3. The molecule has 0 fully saturated rings. The van der Waals surface area contributed by atoms with Gasteiger partial charge in [0.25, 0.3) is 0 Å². The second-order valence-electron chi connectivity index (χ2n) is 10.2. The predicted octanol–water partition coefficient (Wildman–Crippen LogP) is 3.76. The van der Waals surface area contributed by atoms with Crippen LogP contribution in [0.3, 0.4) is 0 Å². The van der Waals surface area contributed by atoms with E-state index in [1.54, 1.807) is 12.2 Å². The van der Waals surface area contributed by atoms with E-state index in [1.165, 1.54) is 0 Å². The summed E-state index contributed by atoms with van der Waals surface area (Å²) in [5, 5.41) is 14.4. The van der Waals surface area contributed by atoms with Crippen LogP contribution in [0.2, 0.25) is 0 Å². The first-order valence-electron chi connectivity index (χ1n) is 14.8. The molecule has 3 N–H and O–H groups in total. The molecule has 0 saturated carbocycles. The van der Waals surface area contributed by atoms with E-state index in [0.717, 1.165) is 11.1 Å². The zero-order valence-corrected chi connectivity index (χ0v) is 25.0. The second kappa shape index (κ2) is 21.8. The number of hydrogen-bond acceptors (Lipinski definition) is 7. The highest BCUT2D eigenvalue weighted by atomic mass is 16.5. The van der Waals surface area contributed by atoms with E-state index in [4.69, 9.17) is 19.3 Å². The van der Waals surface area contributed by atoms with Gasteiger partial charge in [0.15, 0.2) is 0 Å². The highest BCUT2D eigenvalue weighted by molar-refractivity contribution is 5.86. The molecule has 2 amide bonds. The molecule has 0 radical (unpaired) electrons. The highest BCUT2D eigenvalue weighted by Gasteiger charge is 2.26. The third-order valence-electron chi connectivity index (χ3n) is 6.64. The topological polar surface area (TPSA) is 123 Å². The number of esters is 1. The summed E-state index contributed by atoms with van der Waals surface area (Å²) in [6.45, 7) is 8.49. The smallest absolute Gasteiger partial charge is 0.309 e. The third-order valence-corrected chi connectivity index (χ3v) is 6.64. The van der Waals surface area contributed by atoms with Crippen LogP contribution in [-0.2, 0) is 41.6 Å². The number of carbonyl (C=O) groups is 3. The molecular weight excluding hydrogens is 548 g/mol. The minimum absolute atomic E-state index is 0.0457. The summed E-state index contributed by atoms with van der Waals surface area (Å²) < 4.78 is 16.8. The monoisotopic (exact) mass is 594 g/mol. The van der Waals surface area contributed by atoms with Gasteiger partial charge in [0.05, 0.1) is 50.9 Å². The molecule has 9 heteroatoms. The van der Waals surface area contributed by atoms with Gasteiger partial charge in [-0.1, -0.05) is 72.8 Å². The molecule has 2 rings (SSSR count). The first-order chi connectivity index (χ1) is 21.0. The van der Waals surface area contributed by atoms with Gasteiger partial charge >= 0.3 is 5.97 Å². The van der Waals surface area contributed by atoms with Gasteiger partial charge in [-0.25, -0.2) is 0 Å². The SMILES string of the molecule is C=CCCC(Cc1ccccc1)C(=O)OCC(COCc1ccccc1)NC(=O)C(CC=C)CC(=O)NCCOCCO. The Morgan fingerprint density at radius 3 is 2.21 bits per heavy atom. The largest absolute Gasteiger partial charge is 0.463 e. The van der Waals surface area contributed by atoms with Gasteiger partial charge in [-0.3, -0.25) is 14.4 Å². The number of ether oxygens (including phenoxy) is 3. The molecular formula is C34H46N2O7. The van der Waals surface area contributed by atoms with Crippen LogP contribution in [-0.4, -0.2) is 68.5 Å². The van der Waals surface area contributed by atoms with E-state index in [0.29, 0.717) is 32.3 Å². The Morgan fingerprint density at radius 1 is 0.860 bits per heavy atom. The molecule has 3 unspecified atom stereocenters. The Morgan fingerprint density at radius 2 is 1.56 bits per heavy atom. The maximum Gasteiger partial charge on any atom is 0.309 e. The fourth-order valence-electron chi connectivity index (χ4n) is 4.37. The average Bonchev–Trinajstić information content (AvgIpc) is 3.02. The minimum Gasteiger partial charge on any atom is -0.463 e. The average molecular weight is 595 g/mol. The van der Waals surface area contributed by atoms with Gasteiger partial charge in [-0.05, 0) is 36.8 Å². The van der Waals surface area contributed by atoms with E-state index in [2.05, 4.69) is 23.8 Å². The molecule has 0 aliphatic rings. The zero-order chi connectivity index (χ0) is 31.1. The predicted molar refractivity (Wildman–Crippen MR) is 166 cm³/mol. The maximum absolute atomic E-state index is 13.3. The molecule has 0 spiro atoms. The molecule has 2 aromatic rings. The van der Waals surface area contributed by atoms with E-state index in [1.807, 2.05) is 60.7 Å². The zero-order valence-electron chi connectivity index (χ0n) is 25.0. The van der Waals surface area contributed by atoms with Crippen LogP contribution < -0.4 is 10.6 Å². The maximum atomic E-state index is 13.3. The molecule has 0 aliphatic carbocycles. The van der Waals surface area contributed by atoms with Gasteiger partial charge in [0.2, 0.25) is 11.8 Å². The number of hydrogen-bond donors (Lipinski definition) is 3. The molecule has 2 aromatic carbocycles. The summed E-state index contributed by atoms with van der Waals surface area (Å²) in [5.74, 6) is -2.03. The Hall–Kier alpha value is -3.79. The van der Waals surface area contributed by atoms with Crippen molar-refractivity contribution in [2.45, 2.75) is 44.8 Å². The van der Waals surface area contributed by atoms with Crippen molar-refractivity contribution >= 4 is 17.8 Å². The van der Waals surface area contributed by atoms with Crippen LogP contribution in [0, 0.1) is 11.8 Å². The molecule has 0 aliphatic heterocycles. The summed E-state index contributed by atoms with van der Waals surface area (Å²) in [4.78, 5) is 39.0. The fourth-order valence-corrected chi connectivity index (χ4v) is 4.37. The lowest BCUT2D eigenvalue weighted by atomic mass is 9.95. The quantitative estimate of drug-likeness (QED) is 0.102. The van der Waals surface area contributed by atoms with Gasteiger partial charge in [0, 0.05) is 13.0 Å². The van der Waals surface area contributed by atoms with Crippen molar-refractivity contribution in [2.75, 3.05) is 39.6 Å². The van der Waals surface area contributed by atoms with E-state index in [-0.39, 0.29) is 69.7 Å². The number of carbonyl (C=O) groups excluding carboxylic acids is 3. The molecule has 0 bridgehead atoms. The summed E-state index contributed by atoms with van der Waals surface area (Å²) in [7, 11) is 0. The van der Waals surface area contributed by atoms with Crippen LogP contribution in [0.25, 0.3) is 0 Å². The van der Waals surface area contributed by atoms with Crippen molar-refractivity contribution in [1.82, 2.24) is 10.6 Å². The number of amides is 2. The van der Waals surface area contributed by atoms with Crippen molar-refractivity contribution in [3.8, 4) is 0 Å². The van der Waals surface area contributed by atoms with Crippen molar-refractivity contribution in [3.05, 3.63) is 97.1 Å². The van der Waals surface area contributed by atoms with Crippen molar-refractivity contribution in [3.63, 3.8) is 0 Å². The molecule has 9 nitrogen and oxygen atoms in total. The first-order valence-corrected chi connectivity index (χ1v) is 14.8. The summed E-state index contributed by atoms with van der Waals surface area (Å²) >= 11 is 0. The summed E-state index contributed by atoms with van der Waals surface area (Å²) in [5.41, 5.74) is 2.01. The molecule has 234 valence electrons. The number of aliphatic hydroxyl groups excluding tert-OH is 1. The summed E-state index contributed by atoms with van der Waals surface area (Å²) in [6.07, 6.45) is 5.43. The fraction of sp³-hybridized carbons (Fsp3) is 0.441. The number of benzene rings is 2. The Bertz CT molecular complexity index is 1090. The van der Waals surface area contributed by atoms with E-state index < -0.39 is 12.0 Å². The van der Waals surface area contributed by atoms with Crippen LogP contribution in [0.15, 0.2) is 86.0 Å². The minimum atomic E-state index is -0.665. The summed E-state index contributed by atoms with van der Waals surface area (Å²) in [6, 6.07) is 18.8. The Labute approximate surface area is 255 Å². The van der Waals surface area contributed by atoms with Gasteiger partial charge in [-0.15, -0.1) is 13.2 Å². The van der Waals surface area contributed by atoms with Crippen LogP contribution in [0.4, 0.5) is 0 Å². The molecule has 0 saturated heterocycles. The molecule has 0 heterocycles. The van der Waals surface area contributed by atoms with Gasteiger partial charge in [-0.2, -0.15) is 0 Å². The lowest BCUT2D eigenvalue weighted by Crippen LogP contribution is -2.46. The van der Waals surface area contributed by atoms with Crippen molar-refractivity contribution < 1.29 is 33.7 Å². The van der Waals surface area contributed by atoms with Crippen molar-refractivity contribution in [2.24, 2.45) is 11.8 Å². The first kappa shape index (κ1) is 35.4. The molecule has 3 atom stereocenters. The van der Waals surface area contributed by atoms with Gasteiger partial charge < -0.3 is 30.0 Å². The van der Waals surface area contributed by atoms with Crippen LogP contribution in [0.5, 0.6) is 0 Å². The standard InChI is InChI=1S/C34H46N2O7/c1-3-5-17-30(22-27-13-8-6-9-14-27)34(40)43-26-31(25-42-24-28-15-10-7-11-16-28)36-33(39)29(12-4-2)23-32(38)35-18-20-41-21-19-37/h3-4,6-11,13-16,29-31,37H,1-2,5,12,17-26H2,(H,35,38)(H,36,39). The van der Waals surface area contributed by atoms with Crippen LogP contribution >= 0.6 is 0 Å². The second-order valence-corrected chi connectivity index (χ2v) is 10.2. The Balaban J connectivity index is 2.03. The Kier molecular flexibility index (Phi) is 18.0. The van der Waals surface area contributed by atoms with Crippen molar-refractivity contribution in [1.29, 1.82) is 0 Å². The normalized spacial score (nSPS) is 12.9. The lowest BCUT2D eigenvalue weighted by Gasteiger charge is -2.23. The van der Waals surface area contributed by atoms with Gasteiger partial charge in [0.1, 0.15) is 6.61 Å². The lowest BCUT2D eigenvalue weighted by molar-refractivity contribution is -0.150.